The predicted molar refractivity (Wildman–Crippen MR) is 27.0 cm³/mol. The molecule has 1 rings (SSSR count). The molecule has 1 heterocycles. The molecule has 0 aromatic carbocycles. The first-order valence-corrected chi connectivity index (χ1v) is 2.97. The molecule has 0 aromatic rings. The first kappa shape index (κ1) is 22.9. The summed E-state index contributed by atoms with van der Waals surface area (Å²) in [5.41, 5.74) is 0. The topological polar surface area (TPSA) is 3.24 Å². The van der Waals surface area contributed by atoms with Crippen LogP contribution in [0.25, 0.3) is 0 Å². The quantitative estimate of drug-likeness (QED) is 0.205. The second kappa shape index (κ2) is 3.32. The monoisotopic (exact) mass is 1280 g/mol. The average molecular weight is 1280 g/mol. The van der Waals surface area contributed by atoms with Gasteiger partial charge in [0.15, 0.2) is 0 Å². The minimum atomic E-state index is -5.45. The van der Waals surface area contributed by atoms with Gasteiger partial charge in [-0.25, -0.2) is 22.5 Å². The van der Waals surface area contributed by atoms with Crippen LogP contribution in [0.5, 0.6) is 0 Å². The molecule has 0 amide bonds. The van der Waals surface area contributed by atoms with Gasteiger partial charge in [0.1, 0.15) is 0 Å². The minimum absolute atomic E-state index is 0. The standard InChI is InChI=1S/C5H3F7N.4Rf/c1-13-4(9,10)2(6)3(7,8)5(13,11)12;;;;/h1H3;;;;/q-1;;;;. The van der Waals surface area contributed by atoms with E-state index in [2.05, 4.69) is 0 Å². The Balaban J connectivity index is -0.000000211. The summed E-state index contributed by atoms with van der Waals surface area (Å²) in [6.07, 6.45) is -3.33. The molecular formula is C5H3F7NRf4-. The van der Waals surface area contributed by atoms with Crippen molar-refractivity contribution >= 4 is 0 Å². The van der Waals surface area contributed by atoms with Gasteiger partial charge in [-0.2, -0.15) is 8.78 Å². The van der Waals surface area contributed by atoms with Gasteiger partial charge in [0.2, 0.25) is 12.0 Å². The maximum absolute atomic E-state index is 12.3. The van der Waals surface area contributed by atoms with Crippen LogP contribution in [0.1, 0.15) is 0 Å². The van der Waals surface area contributed by atoms with Crippen LogP contribution in [0.15, 0.2) is 0 Å². The van der Waals surface area contributed by atoms with Crippen molar-refractivity contribution in [2.75, 3.05) is 7.05 Å². The first-order valence-electron chi connectivity index (χ1n) is 2.97. The zero-order valence-corrected chi connectivity index (χ0v) is 34.5. The third kappa shape index (κ3) is 1.27. The van der Waals surface area contributed by atoms with E-state index in [-0.39, 0.29) is 7.05 Å². The van der Waals surface area contributed by atoms with Gasteiger partial charge in [-0.15, -0.1) is 0 Å². The van der Waals surface area contributed by atoms with Gasteiger partial charge >= 0.3 is 6.05 Å². The normalized spacial score (nSPS) is 24.7. The van der Waals surface area contributed by atoms with Crippen LogP contribution in [-0.4, -0.2) is 30.0 Å². The maximum atomic E-state index is 12.3. The third-order valence-corrected chi connectivity index (χ3v) is 1.76. The summed E-state index contributed by atoms with van der Waals surface area (Å²) in [6.45, 7) is 0. The summed E-state index contributed by atoms with van der Waals surface area (Å²) in [6, 6.07) is -10.1. The Hall–Kier alpha value is -4.53. The summed E-state index contributed by atoms with van der Waals surface area (Å²) in [7, 11) is 0.0144. The van der Waals surface area contributed by atoms with E-state index >= 15 is 0 Å². The fraction of sp³-hybridized carbons (Fsp3) is 0.800. The zero-order valence-electron chi connectivity index (χ0n) is 8.92. The van der Waals surface area contributed by atoms with Gasteiger partial charge in [0.25, 0.3) is 0 Å². The SMILES string of the molecule is CN1C(F)(F)[C-](F)C(F)(F)C1(F)F.[Rf].[Rf].[Rf].[Rf]. The second-order valence-electron chi connectivity index (χ2n) is 2.53. The molecule has 0 atom stereocenters. The molecule has 0 radical (unpaired) electrons. The Kier molecular flexibility index (Phi) is 4.46. The van der Waals surface area contributed by atoms with Crippen LogP contribution in [0, 0.1) is 6.17 Å². The molecule has 0 unspecified atom stereocenters. The van der Waals surface area contributed by atoms with Gasteiger partial charge in [0, 0.05) is 6.17 Å². The average Bonchev–Trinajstić information content (AvgIpc) is 2.05. The molecule has 1 aliphatic rings. The number of rotatable bonds is 0. The molecular weight excluding hydrogens is 1280 g/mol. The van der Waals surface area contributed by atoms with Crippen molar-refractivity contribution in [2.24, 2.45) is 0 Å². The Labute approximate surface area is 68.1 Å². The maximum Gasteiger partial charge on any atom is 0.343 e. The van der Waals surface area contributed by atoms with E-state index in [1.165, 1.54) is 0 Å². The summed E-state index contributed by atoms with van der Waals surface area (Å²) in [5.74, 6) is -5.45. The van der Waals surface area contributed by atoms with Crippen LogP contribution >= 0.6 is 0 Å². The van der Waals surface area contributed by atoms with E-state index in [9.17, 15) is 30.7 Å². The number of alkyl halides is 6. The number of likely N-dealkylation sites (tertiary alicyclic amines) is 1. The molecule has 0 N–H and O–H groups in total. The molecule has 17 heavy (non-hydrogen) atoms. The van der Waals surface area contributed by atoms with E-state index in [0.717, 1.165) is 0 Å². The zero-order chi connectivity index (χ0) is 10.7. The van der Waals surface area contributed by atoms with Gasteiger partial charge in [0.05, 0.1) is 0 Å². The fourth-order valence-corrected chi connectivity index (χ4v) is 0.855. The number of hydrogen-bond acceptors (Lipinski definition) is 1. The Morgan fingerprint density at radius 2 is 1.12 bits per heavy atom. The number of halogens is 7. The van der Waals surface area contributed by atoms with Gasteiger partial charge < -0.3 is 4.39 Å². The molecule has 1 fully saturated rings. The van der Waals surface area contributed by atoms with Crippen molar-refractivity contribution in [1.29, 1.82) is 0 Å². The molecule has 12 heteroatoms. The van der Waals surface area contributed by atoms with Crippen LogP contribution in [-0.2, 0) is 0 Å². The fourth-order valence-electron chi connectivity index (χ4n) is 0.855. The molecule has 0 spiro atoms. The van der Waals surface area contributed by atoms with E-state index < -0.39 is 29.1 Å². The third-order valence-electron chi connectivity index (χ3n) is 1.76. The number of hydrogen-bond donors (Lipinski definition) is 0. The van der Waals surface area contributed by atoms with Crippen molar-refractivity contribution < 1.29 is 30.7 Å². The van der Waals surface area contributed by atoms with E-state index in [0.29, 0.717) is 0 Å². The van der Waals surface area contributed by atoms with Crippen LogP contribution in [0.2, 0.25) is 0 Å². The van der Waals surface area contributed by atoms with Gasteiger partial charge in [-0.3, -0.25) is 0 Å². The van der Waals surface area contributed by atoms with Crippen molar-refractivity contribution in [3.63, 3.8) is 0 Å². The van der Waals surface area contributed by atoms with Crippen molar-refractivity contribution in [1.82, 2.24) is 4.90 Å². The molecule has 1 nitrogen and oxygen atoms in total. The van der Waals surface area contributed by atoms with Crippen molar-refractivity contribution in [2.45, 2.75) is 18.0 Å². The molecule has 0 bridgehead atoms. The number of nitrogens with zero attached hydrogens (tertiary/aromatic N) is 1. The molecule has 0 aliphatic carbocycles. The Bertz CT molecular complexity index is 216. The van der Waals surface area contributed by atoms with Crippen LogP contribution in [0.4, 0.5) is 30.7 Å². The Morgan fingerprint density at radius 1 is 0.824 bits per heavy atom. The molecule has 0 saturated carbocycles. The predicted octanol–water partition coefficient (Wildman–Crippen LogP) is 2.25. The summed E-state index contributed by atoms with van der Waals surface area (Å²) in [4.78, 5) is -1.30. The molecule has 1 saturated heterocycles. The van der Waals surface area contributed by atoms with E-state index in [1.54, 1.807) is 0 Å². The van der Waals surface area contributed by atoms with Crippen LogP contribution < -0.4 is 0 Å². The molecule has 86 valence electrons. The summed E-state index contributed by atoms with van der Waals surface area (Å²) >= 11 is 0. The minimum Gasteiger partial charge on any atom is -0.442 e. The second-order valence-corrected chi connectivity index (χ2v) is 2.53. The van der Waals surface area contributed by atoms with E-state index in [4.69, 9.17) is 0 Å². The van der Waals surface area contributed by atoms with Gasteiger partial charge in [-0.1, -0.05) is 0 Å². The van der Waals surface area contributed by atoms with Crippen molar-refractivity contribution in [3.05, 3.63) is 6.17 Å². The molecule has 0 aromatic heterocycles. The smallest absolute Gasteiger partial charge is 0.343 e. The van der Waals surface area contributed by atoms with Gasteiger partial charge in [-0.05, 0) is 7.05 Å². The largest absolute Gasteiger partial charge is 0.442 e. The summed E-state index contributed by atoms with van der Waals surface area (Å²) < 4.78 is 85.6. The first-order chi connectivity index (χ1) is 5.56. The summed E-state index contributed by atoms with van der Waals surface area (Å²) in [5, 5.41) is 0. The Morgan fingerprint density at radius 3 is 1.18 bits per heavy atom. The van der Waals surface area contributed by atoms with Crippen LogP contribution in [0.3, 0.4) is 0 Å². The van der Waals surface area contributed by atoms with Crippen molar-refractivity contribution in [3.8, 4) is 0 Å². The molecule has 1 aliphatic heterocycles. The van der Waals surface area contributed by atoms with E-state index in [1.807, 2.05) is 0 Å².